The molecule has 0 saturated heterocycles. The van der Waals surface area contributed by atoms with Crippen LogP contribution in [-0.4, -0.2) is 29.6 Å². The fourth-order valence-electron chi connectivity index (χ4n) is 3.67. The van der Waals surface area contributed by atoms with Gasteiger partial charge in [0.05, 0.1) is 6.10 Å². The van der Waals surface area contributed by atoms with Crippen molar-refractivity contribution in [2.24, 2.45) is 11.8 Å². The highest BCUT2D eigenvalue weighted by molar-refractivity contribution is 5.94. The van der Waals surface area contributed by atoms with Crippen LogP contribution >= 0.6 is 0 Å². The predicted molar refractivity (Wildman–Crippen MR) is 109 cm³/mol. The minimum Gasteiger partial charge on any atom is -0.463 e. The van der Waals surface area contributed by atoms with Crippen molar-refractivity contribution >= 4 is 17.5 Å². The fraction of sp³-hybridized carbons (Fsp3) is 0.783. The summed E-state index contributed by atoms with van der Waals surface area (Å²) in [5, 5.41) is 0. The first-order chi connectivity index (χ1) is 13.7. The summed E-state index contributed by atoms with van der Waals surface area (Å²) in [6.45, 7) is 5.46. The number of ether oxygens (including phenoxy) is 1. The molecular formula is C23H36F2O4. The van der Waals surface area contributed by atoms with Crippen LogP contribution in [0.4, 0.5) is 8.78 Å². The molecule has 2 atom stereocenters. The molecule has 0 fully saturated rings. The smallest absolute Gasteiger partial charge is 0.306 e. The van der Waals surface area contributed by atoms with Gasteiger partial charge in [-0.3, -0.25) is 14.4 Å². The molecular weight excluding hydrogens is 378 g/mol. The van der Waals surface area contributed by atoms with Gasteiger partial charge in [-0.2, -0.15) is 8.78 Å². The topological polar surface area (TPSA) is 60.4 Å². The maximum atomic E-state index is 13.8. The standard InChI is InChI=1S/C23H36F2O4/c1-4-5-16-23(24,25)21(27)15-13-18-12-14-20(26)19(18)10-8-6-7-9-11-22(28)29-17(2)3/h12,14,17-19H,4-11,13,15-16H2,1-3H3/t18-,19-/m1/s1. The number of allylic oxidation sites excluding steroid dienone is 2. The van der Waals surface area contributed by atoms with Crippen molar-refractivity contribution in [2.75, 3.05) is 0 Å². The lowest BCUT2D eigenvalue weighted by Crippen LogP contribution is -2.29. The number of rotatable bonds is 15. The third-order valence-corrected chi connectivity index (χ3v) is 5.36. The summed E-state index contributed by atoms with van der Waals surface area (Å²) in [7, 11) is 0. The Morgan fingerprint density at radius 3 is 2.41 bits per heavy atom. The number of Topliss-reactive ketones (excluding diaryl/α,β-unsaturated/α-hetero) is 1. The Bertz CT molecular complexity index is 569. The molecule has 6 heteroatoms. The monoisotopic (exact) mass is 414 g/mol. The van der Waals surface area contributed by atoms with Crippen molar-refractivity contribution in [1.82, 2.24) is 0 Å². The van der Waals surface area contributed by atoms with Gasteiger partial charge in [0.15, 0.2) is 5.78 Å². The quantitative estimate of drug-likeness (QED) is 0.250. The first-order valence-corrected chi connectivity index (χ1v) is 11.0. The van der Waals surface area contributed by atoms with E-state index in [1.807, 2.05) is 20.8 Å². The average Bonchev–Trinajstić information content (AvgIpc) is 3.00. The van der Waals surface area contributed by atoms with Gasteiger partial charge in [0, 0.05) is 25.2 Å². The van der Waals surface area contributed by atoms with E-state index in [4.69, 9.17) is 4.74 Å². The van der Waals surface area contributed by atoms with E-state index in [0.717, 1.165) is 25.7 Å². The van der Waals surface area contributed by atoms with Crippen molar-refractivity contribution in [3.63, 3.8) is 0 Å². The second-order valence-corrected chi connectivity index (χ2v) is 8.29. The summed E-state index contributed by atoms with van der Waals surface area (Å²) in [6.07, 6.45) is 8.35. The maximum Gasteiger partial charge on any atom is 0.306 e. The van der Waals surface area contributed by atoms with Crippen molar-refractivity contribution in [3.8, 4) is 0 Å². The minimum atomic E-state index is -3.26. The van der Waals surface area contributed by atoms with Crippen molar-refractivity contribution < 1.29 is 27.9 Å². The molecule has 0 radical (unpaired) electrons. The summed E-state index contributed by atoms with van der Waals surface area (Å²) < 4.78 is 32.7. The van der Waals surface area contributed by atoms with E-state index < -0.39 is 18.1 Å². The molecule has 0 saturated carbocycles. The Morgan fingerprint density at radius 2 is 1.76 bits per heavy atom. The zero-order valence-electron chi connectivity index (χ0n) is 18.1. The number of hydrogen-bond donors (Lipinski definition) is 0. The largest absolute Gasteiger partial charge is 0.463 e. The fourth-order valence-corrected chi connectivity index (χ4v) is 3.67. The van der Waals surface area contributed by atoms with E-state index in [2.05, 4.69) is 0 Å². The van der Waals surface area contributed by atoms with Gasteiger partial charge in [0.2, 0.25) is 5.78 Å². The molecule has 4 nitrogen and oxygen atoms in total. The predicted octanol–water partition coefficient (Wildman–Crippen LogP) is 5.82. The van der Waals surface area contributed by atoms with Gasteiger partial charge in [-0.05, 0) is 51.5 Å². The number of hydrogen-bond acceptors (Lipinski definition) is 4. The van der Waals surface area contributed by atoms with E-state index >= 15 is 0 Å². The normalized spacial score (nSPS) is 19.2. The van der Waals surface area contributed by atoms with Crippen LogP contribution in [0, 0.1) is 11.8 Å². The third kappa shape index (κ3) is 9.64. The highest BCUT2D eigenvalue weighted by Gasteiger charge is 2.38. The zero-order chi connectivity index (χ0) is 21.9. The van der Waals surface area contributed by atoms with Crippen molar-refractivity contribution in [3.05, 3.63) is 12.2 Å². The first kappa shape index (κ1) is 25.4. The van der Waals surface area contributed by atoms with Gasteiger partial charge < -0.3 is 4.74 Å². The molecule has 0 unspecified atom stereocenters. The molecule has 0 spiro atoms. The molecule has 0 amide bonds. The number of esters is 1. The minimum absolute atomic E-state index is 0.0284. The van der Waals surface area contributed by atoms with E-state index in [-0.39, 0.29) is 36.1 Å². The summed E-state index contributed by atoms with van der Waals surface area (Å²) in [6, 6.07) is 0. The Balaban J connectivity index is 2.30. The summed E-state index contributed by atoms with van der Waals surface area (Å²) >= 11 is 0. The third-order valence-electron chi connectivity index (χ3n) is 5.36. The van der Waals surface area contributed by atoms with Crippen LogP contribution in [-0.2, 0) is 19.1 Å². The molecule has 0 N–H and O–H groups in total. The van der Waals surface area contributed by atoms with Crippen LogP contribution in [0.2, 0.25) is 0 Å². The lowest BCUT2D eigenvalue weighted by molar-refractivity contribution is -0.147. The van der Waals surface area contributed by atoms with Gasteiger partial charge in [-0.25, -0.2) is 0 Å². The van der Waals surface area contributed by atoms with E-state index in [1.165, 1.54) is 6.08 Å². The van der Waals surface area contributed by atoms with Gasteiger partial charge in [-0.15, -0.1) is 0 Å². The van der Waals surface area contributed by atoms with Gasteiger partial charge in [0.1, 0.15) is 0 Å². The molecule has 0 heterocycles. The molecule has 0 aromatic heterocycles. The molecule has 29 heavy (non-hydrogen) atoms. The van der Waals surface area contributed by atoms with Crippen LogP contribution in [0.25, 0.3) is 0 Å². The van der Waals surface area contributed by atoms with E-state index in [9.17, 15) is 23.2 Å². The second kappa shape index (κ2) is 12.9. The highest BCUT2D eigenvalue weighted by Crippen LogP contribution is 2.33. The number of carbonyl (C=O) groups is 3. The number of halogens is 2. The van der Waals surface area contributed by atoms with Crippen LogP contribution in [0.1, 0.15) is 91.4 Å². The average molecular weight is 415 g/mol. The lowest BCUT2D eigenvalue weighted by Gasteiger charge is -2.19. The van der Waals surface area contributed by atoms with Crippen LogP contribution in [0.3, 0.4) is 0 Å². The number of carbonyl (C=O) groups excluding carboxylic acids is 3. The Morgan fingerprint density at radius 1 is 1.07 bits per heavy atom. The highest BCUT2D eigenvalue weighted by atomic mass is 19.3. The maximum absolute atomic E-state index is 13.8. The van der Waals surface area contributed by atoms with E-state index in [0.29, 0.717) is 32.1 Å². The molecule has 166 valence electrons. The van der Waals surface area contributed by atoms with Crippen molar-refractivity contribution in [1.29, 1.82) is 0 Å². The Kier molecular flexibility index (Phi) is 11.3. The molecule has 0 aliphatic heterocycles. The SMILES string of the molecule is CCCCC(F)(F)C(=O)CC[C@H]1C=CC(=O)[C@@H]1CCCCCCC(=O)OC(C)C. The molecule has 1 rings (SSSR count). The number of unbranched alkanes of at least 4 members (excludes halogenated alkanes) is 4. The van der Waals surface area contributed by atoms with Gasteiger partial charge in [0.25, 0.3) is 0 Å². The van der Waals surface area contributed by atoms with Gasteiger partial charge in [-0.1, -0.05) is 38.7 Å². The number of ketones is 2. The molecule has 0 aromatic rings. The molecule has 0 bridgehead atoms. The van der Waals surface area contributed by atoms with Crippen LogP contribution in [0.5, 0.6) is 0 Å². The van der Waals surface area contributed by atoms with Crippen LogP contribution in [0.15, 0.2) is 12.2 Å². The summed E-state index contributed by atoms with van der Waals surface area (Å²) in [5.41, 5.74) is 0. The molecule has 0 aromatic carbocycles. The first-order valence-electron chi connectivity index (χ1n) is 11.0. The molecule has 1 aliphatic carbocycles. The lowest BCUT2D eigenvalue weighted by atomic mass is 9.85. The number of alkyl halides is 2. The van der Waals surface area contributed by atoms with E-state index in [1.54, 1.807) is 6.08 Å². The van der Waals surface area contributed by atoms with Crippen LogP contribution < -0.4 is 0 Å². The Labute approximate surface area is 173 Å². The zero-order valence-corrected chi connectivity index (χ0v) is 18.1. The molecule has 1 aliphatic rings. The summed E-state index contributed by atoms with van der Waals surface area (Å²) in [4.78, 5) is 35.5. The summed E-state index contributed by atoms with van der Waals surface area (Å²) in [5.74, 6) is -4.76. The van der Waals surface area contributed by atoms with Crippen molar-refractivity contribution in [2.45, 2.75) is 103 Å². The second-order valence-electron chi connectivity index (χ2n) is 8.29. The Hall–Kier alpha value is -1.59. The van der Waals surface area contributed by atoms with Gasteiger partial charge >= 0.3 is 11.9 Å².